The van der Waals surface area contributed by atoms with Crippen LogP contribution in [0, 0.1) is 0 Å². The smallest absolute Gasteiger partial charge is 0.195 e. The summed E-state index contributed by atoms with van der Waals surface area (Å²) in [5, 5.41) is 3.44. The van der Waals surface area contributed by atoms with Gasteiger partial charge >= 0.3 is 0 Å². The van der Waals surface area contributed by atoms with Crippen molar-refractivity contribution in [2.45, 2.75) is 45.6 Å². The molecule has 0 aliphatic carbocycles. The summed E-state index contributed by atoms with van der Waals surface area (Å²) < 4.78 is 5.77. The number of oxazole rings is 1. The molecule has 0 aliphatic heterocycles. The van der Waals surface area contributed by atoms with Crippen molar-refractivity contribution >= 4 is 0 Å². The van der Waals surface area contributed by atoms with Gasteiger partial charge in [0.15, 0.2) is 5.89 Å². The van der Waals surface area contributed by atoms with E-state index < -0.39 is 0 Å². The summed E-state index contributed by atoms with van der Waals surface area (Å²) in [6.45, 7) is 7.37. The molecule has 1 heterocycles. The third-order valence-electron chi connectivity index (χ3n) is 3.10. The van der Waals surface area contributed by atoms with Crippen LogP contribution in [0.2, 0.25) is 0 Å². The number of nitrogens with zero attached hydrogens (tertiary/aromatic N) is 1. The van der Waals surface area contributed by atoms with Gasteiger partial charge < -0.3 is 9.73 Å². The molecule has 1 aromatic heterocycles. The van der Waals surface area contributed by atoms with E-state index in [0.29, 0.717) is 0 Å². The van der Waals surface area contributed by atoms with Crippen LogP contribution in [0.3, 0.4) is 0 Å². The predicted octanol–water partition coefficient (Wildman–Crippen LogP) is 3.39. The summed E-state index contributed by atoms with van der Waals surface area (Å²) in [7, 11) is 0. The molecule has 0 aliphatic rings. The molecule has 108 valence electrons. The molecule has 0 bridgehead atoms. The zero-order chi connectivity index (χ0) is 14.4. The highest BCUT2D eigenvalue weighted by atomic mass is 16.4. The Hall–Kier alpha value is -1.61. The number of rotatable bonds is 6. The van der Waals surface area contributed by atoms with Gasteiger partial charge in [-0.15, -0.1) is 0 Å². The fourth-order valence-electron chi connectivity index (χ4n) is 2.04. The van der Waals surface area contributed by atoms with E-state index >= 15 is 0 Å². The van der Waals surface area contributed by atoms with Crippen LogP contribution in [0.1, 0.15) is 38.0 Å². The number of aryl methyl sites for hydroxylation is 2. The van der Waals surface area contributed by atoms with Gasteiger partial charge in [0.05, 0.1) is 6.20 Å². The minimum Gasteiger partial charge on any atom is -0.446 e. The average molecular weight is 272 g/mol. The van der Waals surface area contributed by atoms with Gasteiger partial charge in [0.25, 0.3) is 0 Å². The Labute approximate surface area is 121 Å². The van der Waals surface area contributed by atoms with Crippen molar-refractivity contribution in [3.05, 3.63) is 53.7 Å². The molecule has 0 saturated heterocycles. The second-order valence-electron chi connectivity index (χ2n) is 6.13. The third-order valence-corrected chi connectivity index (χ3v) is 3.10. The van der Waals surface area contributed by atoms with E-state index in [9.17, 15) is 0 Å². The normalized spacial score (nSPS) is 11.8. The van der Waals surface area contributed by atoms with Gasteiger partial charge in [-0.1, -0.05) is 30.3 Å². The zero-order valence-corrected chi connectivity index (χ0v) is 12.6. The Kier molecular flexibility index (Phi) is 4.96. The van der Waals surface area contributed by atoms with E-state index in [4.69, 9.17) is 4.42 Å². The monoisotopic (exact) mass is 272 g/mol. The maximum atomic E-state index is 5.77. The third kappa shape index (κ3) is 5.17. The highest BCUT2D eigenvalue weighted by molar-refractivity contribution is 5.15. The summed E-state index contributed by atoms with van der Waals surface area (Å²) >= 11 is 0. The van der Waals surface area contributed by atoms with Gasteiger partial charge in [0.2, 0.25) is 0 Å². The first-order valence-corrected chi connectivity index (χ1v) is 7.25. The highest BCUT2D eigenvalue weighted by Crippen LogP contribution is 2.09. The molecule has 0 saturated carbocycles. The number of benzene rings is 1. The maximum absolute atomic E-state index is 5.77. The number of nitrogens with one attached hydrogen (secondary N) is 1. The Morgan fingerprint density at radius 1 is 1.05 bits per heavy atom. The summed E-state index contributed by atoms with van der Waals surface area (Å²) in [4.78, 5) is 4.34. The van der Waals surface area contributed by atoms with Gasteiger partial charge in [0, 0.05) is 24.9 Å². The molecule has 0 spiro atoms. The van der Waals surface area contributed by atoms with Gasteiger partial charge in [0.1, 0.15) is 5.76 Å². The van der Waals surface area contributed by atoms with Crippen LogP contribution < -0.4 is 5.32 Å². The molecule has 2 rings (SSSR count). The summed E-state index contributed by atoms with van der Waals surface area (Å²) in [6, 6.07) is 10.5. The molecule has 20 heavy (non-hydrogen) atoms. The van der Waals surface area contributed by atoms with Crippen LogP contribution >= 0.6 is 0 Å². The molecule has 1 aromatic carbocycles. The Morgan fingerprint density at radius 2 is 1.80 bits per heavy atom. The Bertz CT molecular complexity index is 511. The molecule has 0 unspecified atom stereocenters. The molecule has 2 aromatic rings. The highest BCUT2D eigenvalue weighted by Gasteiger charge is 2.09. The van der Waals surface area contributed by atoms with Gasteiger partial charge in [-0.2, -0.15) is 0 Å². The van der Waals surface area contributed by atoms with E-state index in [1.807, 2.05) is 12.3 Å². The fourth-order valence-corrected chi connectivity index (χ4v) is 2.04. The lowest BCUT2D eigenvalue weighted by molar-refractivity contribution is 0.402. The molecule has 0 fully saturated rings. The summed E-state index contributed by atoms with van der Waals surface area (Å²) in [5.41, 5.74) is 1.47. The second-order valence-corrected chi connectivity index (χ2v) is 6.13. The molecule has 0 amide bonds. The van der Waals surface area contributed by atoms with E-state index in [1.54, 1.807) is 0 Å². The average Bonchev–Trinajstić information content (AvgIpc) is 2.84. The molecule has 3 nitrogen and oxygen atoms in total. The van der Waals surface area contributed by atoms with Crippen molar-refractivity contribution in [3.63, 3.8) is 0 Å². The van der Waals surface area contributed by atoms with E-state index in [1.165, 1.54) is 5.56 Å². The number of hydrogen-bond donors (Lipinski definition) is 1. The van der Waals surface area contributed by atoms with E-state index in [0.717, 1.165) is 37.5 Å². The van der Waals surface area contributed by atoms with Crippen LogP contribution in [0.25, 0.3) is 0 Å². The van der Waals surface area contributed by atoms with Gasteiger partial charge in [-0.05, 0) is 32.8 Å². The topological polar surface area (TPSA) is 38.1 Å². The standard InChI is InChI=1S/C17H24N2O/c1-17(2,3)19-12-11-16-18-13-15(20-16)10-9-14-7-5-4-6-8-14/h4-8,13,19H,9-12H2,1-3H3. The lowest BCUT2D eigenvalue weighted by atomic mass is 10.1. The van der Waals surface area contributed by atoms with Crippen LogP contribution in [0.4, 0.5) is 0 Å². The molecular formula is C17H24N2O. The summed E-state index contributed by atoms with van der Waals surface area (Å²) in [6.07, 6.45) is 4.59. The van der Waals surface area contributed by atoms with Crippen molar-refractivity contribution in [1.29, 1.82) is 0 Å². The summed E-state index contributed by atoms with van der Waals surface area (Å²) in [5.74, 6) is 1.80. The lowest BCUT2D eigenvalue weighted by Gasteiger charge is -2.19. The first-order chi connectivity index (χ1) is 9.53. The quantitative estimate of drug-likeness (QED) is 0.876. The molecule has 1 N–H and O–H groups in total. The van der Waals surface area contributed by atoms with Crippen LogP contribution in [-0.4, -0.2) is 17.1 Å². The Balaban J connectivity index is 1.77. The lowest BCUT2D eigenvalue weighted by Crippen LogP contribution is -2.37. The van der Waals surface area contributed by atoms with E-state index in [-0.39, 0.29) is 5.54 Å². The molecule has 3 heteroatoms. The van der Waals surface area contributed by atoms with Crippen molar-refractivity contribution in [2.75, 3.05) is 6.54 Å². The maximum Gasteiger partial charge on any atom is 0.195 e. The van der Waals surface area contributed by atoms with Crippen molar-refractivity contribution in [3.8, 4) is 0 Å². The van der Waals surface area contributed by atoms with Gasteiger partial charge in [-0.3, -0.25) is 0 Å². The number of aromatic nitrogens is 1. The fraction of sp³-hybridized carbons (Fsp3) is 0.471. The molecule has 0 atom stereocenters. The van der Waals surface area contributed by atoms with E-state index in [2.05, 4.69) is 55.3 Å². The van der Waals surface area contributed by atoms with Crippen molar-refractivity contribution in [2.24, 2.45) is 0 Å². The minimum atomic E-state index is 0.142. The Morgan fingerprint density at radius 3 is 2.50 bits per heavy atom. The predicted molar refractivity (Wildman–Crippen MR) is 81.8 cm³/mol. The van der Waals surface area contributed by atoms with Crippen LogP contribution in [-0.2, 0) is 19.3 Å². The molecule has 0 radical (unpaired) electrons. The molecular weight excluding hydrogens is 248 g/mol. The largest absolute Gasteiger partial charge is 0.446 e. The first kappa shape index (κ1) is 14.8. The first-order valence-electron chi connectivity index (χ1n) is 7.25. The van der Waals surface area contributed by atoms with Crippen LogP contribution in [0.5, 0.6) is 0 Å². The minimum absolute atomic E-state index is 0.142. The van der Waals surface area contributed by atoms with Crippen molar-refractivity contribution < 1.29 is 4.42 Å². The van der Waals surface area contributed by atoms with Gasteiger partial charge in [-0.25, -0.2) is 4.98 Å². The zero-order valence-electron chi connectivity index (χ0n) is 12.6. The van der Waals surface area contributed by atoms with Crippen LogP contribution in [0.15, 0.2) is 40.9 Å². The van der Waals surface area contributed by atoms with Crippen molar-refractivity contribution in [1.82, 2.24) is 10.3 Å². The second kappa shape index (κ2) is 6.71. The SMILES string of the molecule is CC(C)(C)NCCc1ncc(CCc2ccccc2)o1. The number of hydrogen-bond acceptors (Lipinski definition) is 3.